The fourth-order valence-electron chi connectivity index (χ4n) is 1.90. The van der Waals surface area contributed by atoms with Crippen LogP contribution in [0.1, 0.15) is 25.0 Å². The minimum absolute atomic E-state index is 0.0730. The molecule has 6 nitrogen and oxygen atoms in total. The van der Waals surface area contributed by atoms with E-state index in [-0.39, 0.29) is 23.0 Å². The number of hydrogen-bond acceptors (Lipinski definition) is 6. The van der Waals surface area contributed by atoms with Gasteiger partial charge in [-0.15, -0.1) is 0 Å². The molecular formula is C20H18I2O6. The predicted octanol–water partition coefficient (Wildman–Crippen LogP) is 5.13. The lowest BCUT2D eigenvalue weighted by molar-refractivity contribution is -0.134. The second-order valence-electron chi connectivity index (χ2n) is 5.30. The highest BCUT2D eigenvalue weighted by Gasteiger charge is 2.15. The molecule has 0 saturated carbocycles. The number of aromatic hydroxyl groups is 2. The minimum atomic E-state index is -0.476. The number of carbonyl (C=O) groups is 2. The van der Waals surface area contributed by atoms with Crippen LogP contribution < -0.4 is 9.47 Å². The van der Waals surface area contributed by atoms with Crippen LogP contribution in [0.2, 0.25) is 0 Å². The van der Waals surface area contributed by atoms with Gasteiger partial charge in [-0.1, -0.05) is 25.3 Å². The number of phenols is 2. The smallest absolute Gasteiger partial charge is 0.308 e. The standard InChI is InChI=1S/C12H11IO4.C8H7IO2/c1-4-9-5-10(13)12(17-8(3)15)11(6-9)16-7(2)14;1-2-5-3-6(9)8(11)7(10)4-5/h4-6H,1H2,2-3H3;2-4,10-11H,1H2. The SMILES string of the molecule is C=Cc1cc(I)c(OC(C)=O)c(OC(C)=O)c1.C=Cc1cc(O)c(O)c(I)c1. The van der Waals surface area contributed by atoms with Gasteiger partial charge >= 0.3 is 11.9 Å². The number of halogens is 2. The van der Waals surface area contributed by atoms with E-state index < -0.39 is 11.9 Å². The molecule has 0 aliphatic carbocycles. The van der Waals surface area contributed by atoms with Gasteiger partial charge in [0.1, 0.15) is 0 Å². The van der Waals surface area contributed by atoms with E-state index in [4.69, 9.17) is 19.7 Å². The lowest BCUT2D eigenvalue weighted by Crippen LogP contribution is -2.08. The molecule has 2 rings (SSSR count). The molecule has 28 heavy (non-hydrogen) atoms. The first-order valence-electron chi connectivity index (χ1n) is 7.75. The maximum absolute atomic E-state index is 11.0. The van der Waals surface area contributed by atoms with E-state index in [1.54, 1.807) is 30.4 Å². The van der Waals surface area contributed by atoms with Crippen LogP contribution in [-0.4, -0.2) is 22.2 Å². The van der Waals surface area contributed by atoms with Crippen molar-refractivity contribution in [2.24, 2.45) is 0 Å². The van der Waals surface area contributed by atoms with E-state index in [9.17, 15) is 9.59 Å². The third kappa shape index (κ3) is 7.15. The van der Waals surface area contributed by atoms with Gasteiger partial charge in [0.15, 0.2) is 23.0 Å². The summed E-state index contributed by atoms with van der Waals surface area (Å²) in [4.78, 5) is 21.9. The summed E-state index contributed by atoms with van der Waals surface area (Å²) in [6.07, 6.45) is 3.23. The van der Waals surface area contributed by atoms with Crippen LogP contribution in [0.5, 0.6) is 23.0 Å². The molecular weight excluding hydrogens is 590 g/mol. The summed E-state index contributed by atoms with van der Waals surface area (Å²) in [6.45, 7) is 9.75. The van der Waals surface area contributed by atoms with Crippen molar-refractivity contribution in [2.75, 3.05) is 0 Å². The van der Waals surface area contributed by atoms with Gasteiger partial charge in [-0.25, -0.2) is 0 Å². The van der Waals surface area contributed by atoms with Crippen LogP contribution in [0, 0.1) is 7.14 Å². The van der Waals surface area contributed by atoms with Gasteiger partial charge in [-0.05, 0) is 80.6 Å². The van der Waals surface area contributed by atoms with Crippen molar-refractivity contribution < 1.29 is 29.3 Å². The molecule has 0 spiro atoms. The zero-order chi connectivity index (χ0) is 21.4. The highest BCUT2D eigenvalue weighted by molar-refractivity contribution is 14.1. The first-order valence-corrected chi connectivity index (χ1v) is 9.91. The van der Waals surface area contributed by atoms with Crippen LogP contribution >= 0.6 is 45.2 Å². The van der Waals surface area contributed by atoms with Crippen molar-refractivity contribution in [2.45, 2.75) is 13.8 Å². The van der Waals surface area contributed by atoms with Gasteiger partial charge in [0.25, 0.3) is 0 Å². The van der Waals surface area contributed by atoms with E-state index in [0.29, 0.717) is 7.14 Å². The fraction of sp³-hybridized carbons (Fsp3) is 0.100. The third-order valence-electron chi connectivity index (χ3n) is 3.07. The molecule has 0 aliphatic rings. The van der Waals surface area contributed by atoms with Gasteiger partial charge < -0.3 is 19.7 Å². The van der Waals surface area contributed by atoms with Gasteiger partial charge in [0.05, 0.1) is 7.14 Å². The van der Waals surface area contributed by atoms with Crippen molar-refractivity contribution in [3.8, 4) is 23.0 Å². The Labute approximate surface area is 190 Å². The Hall–Kier alpha value is -2.08. The number of ether oxygens (including phenoxy) is 2. The Morgan fingerprint density at radius 2 is 1.39 bits per heavy atom. The fourth-order valence-corrected chi connectivity index (χ4v) is 3.27. The highest BCUT2D eigenvalue weighted by Crippen LogP contribution is 2.35. The number of phenolic OH excluding ortho intramolecular Hbond substituents is 2. The first kappa shape index (κ1) is 24.0. The van der Waals surface area contributed by atoms with Crippen LogP contribution in [-0.2, 0) is 9.59 Å². The minimum Gasteiger partial charge on any atom is -0.504 e. The molecule has 0 radical (unpaired) electrons. The van der Waals surface area contributed by atoms with Crippen molar-refractivity contribution >= 4 is 69.3 Å². The van der Waals surface area contributed by atoms with E-state index >= 15 is 0 Å². The third-order valence-corrected chi connectivity index (χ3v) is 4.69. The molecule has 0 unspecified atom stereocenters. The first-order chi connectivity index (χ1) is 13.1. The van der Waals surface area contributed by atoms with Gasteiger partial charge in [0, 0.05) is 13.8 Å². The summed E-state index contributed by atoms with van der Waals surface area (Å²) in [5.41, 5.74) is 1.58. The summed E-state index contributed by atoms with van der Waals surface area (Å²) < 4.78 is 11.3. The van der Waals surface area contributed by atoms with Crippen molar-refractivity contribution in [3.05, 3.63) is 55.7 Å². The second-order valence-corrected chi connectivity index (χ2v) is 7.62. The van der Waals surface area contributed by atoms with Crippen LogP contribution in [0.3, 0.4) is 0 Å². The molecule has 0 fully saturated rings. The number of esters is 2. The van der Waals surface area contributed by atoms with Crippen molar-refractivity contribution in [3.63, 3.8) is 0 Å². The summed E-state index contributed by atoms with van der Waals surface area (Å²) >= 11 is 3.94. The van der Waals surface area contributed by atoms with E-state index in [2.05, 4.69) is 13.2 Å². The zero-order valence-corrected chi connectivity index (χ0v) is 19.5. The van der Waals surface area contributed by atoms with Crippen LogP contribution in [0.25, 0.3) is 12.2 Å². The Morgan fingerprint density at radius 1 is 0.893 bits per heavy atom. The van der Waals surface area contributed by atoms with Crippen LogP contribution in [0.4, 0.5) is 0 Å². The highest BCUT2D eigenvalue weighted by atomic mass is 127. The number of carbonyl (C=O) groups excluding carboxylic acids is 2. The topological polar surface area (TPSA) is 93.1 Å². The molecule has 0 heterocycles. The Kier molecular flexibility index (Phi) is 9.46. The molecule has 8 heteroatoms. The lowest BCUT2D eigenvalue weighted by Gasteiger charge is -2.11. The molecule has 0 aromatic heterocycles. The summed E-state index contributed by atoms with van der Waals surface area (Å²) in [6, 6.07) is 6.57. The second kappa shape index (κ2) is 11.1. The molecule has 0 saturated heterocycles. The lowest BCUT2D eigenvalue weighted by atomic mass is 10.2. The molecule has 0 amide bonds. The Morgan fingerprint density at radius 3 is 1.86 bits per heavy atom. The van der Waals surface area contributed by atoms with E-state index in [0.717, 1.165) is 11.1 Å². The molecule has 0 atom stereocenters. The average molecular weight is 608 g/mol. The van der Waals surface area contributed by atoms with Gasteiger partial charge in [0.2, 0.25) is 0 Å². The van der Waals surface area contributed by atoms with Crippen LogP contribution in [0.15, 0.2) is 37.4 Å². The molecule has 148 valence electrons. The summed E-state index contributed by atoms with van der Waals surface area (Å²) in [5.74, 6) is -0.658. The molecule has 2 aromatic carbocycles. The van der Waals surface area contributed by atoms with Gasteiger partial charge in [-0.2, -0.15) is 0 Å². The number of hydrogen-bond donors (Lipinski definition) is 2. The predicted molar refractivity (Wildman–Crippen MR) is 124 cm³/mol. The Balaban J connectivity index is 0.000000307. The number of benzene rings is 2. The van der Waals surface area contributed by atoms with Crippen molar-refractivity contribution in [1.29, 1.82) is 0 Å². The summed E-state index contributed by atoms with van der Waals surface area (Å²) in [5, 5.41) is 18.2. The molecule has 2 aromatic rings. The molecule has 2 N–H and O–H groups in total. The zero-order valence-electron chi connectivity index (χ0n) is 15.2. The quantitative estimate of drug-likeness (QED) is 0.217. The average Bonchev–Trinajstić information content (AvgIpc) is 2.61. The van der Waals surface area contributed by atoms with Crippen molar-refractivity contribution in [1.82, 2.24) is 0 Å². The van der Waals surface area contributed by atoms with E-state index in [1.807, 2.05) is 45.2 Å². The Bertz CT molecular complexity index is 898. The number of rotatable bonds is 4. The monoisotopic (exact) mass is 608 g/mol. The normalized spacial score (nSPS) is 9.57. The maximum atomic E-state index is 11.0. The van der Waals surface area contributed by atoms with Gasteiger partial charge in [-0.3, -0.25) is 9.59 Å². The maximum Gasteiger partial charge on any atom is 0.308 e. The molecule has 0 bridgehead atoms. The molecule has 0 aliphatic heterocycles. The van der Waals surface area contributed by atoms with E-state index in [1.165, 1.54) is 19.9 Å². The summed E-state index contributed by atoms with van der Waals surface area (Å²) in [7, 11) is 0. The largest absolute Gasteiger partial charge is 0.504 e.